The molecule has 0 radical (unpaired) electrons. The van der Waals surface area contributed by atoms with E-state index >= 15 is 0 Å². The van der Waals surface area contributed by atoms with Gasteiger partial charge in [-0.3, -0.25) is 0 Å². The van der Waals surface area contributed by atoms with Crippen LogP contribution in [-0.2, 0) is 0 Å². The molecular weight excluding hydrogens is 218 g/mol. The van der Waals surface area contributed by atoms with Gasteiger partial charge in [-0.2, -0.15) is 0 Å². The second-order valence-corrected chi connectivity index (χ2v) is 4.33. The highest BCUT2D eigenvalue weighted by atomic mass is 16.5. The van der Waals surface area contributed by atoms with Crippen LogP contribution >= 0.6 is 0 Å². The second kappa shape index (κ2) is 5.79. The second-order valence-electron chi connectivity index (χ2n) is 4.33. The van der Waals surface area contributed by atoms with Crippen LogP contribution in [-0.4, -0.2) is 41.1 Å². The van der Waals surface area contributed by atoms with Crippen molar-refractivity contribution in [2.45, 2.75) is 25.3 Å². The van der Waals surface area contributed by atoms with E-state index < -0.39 is 0 Å². The number of nitrogens with one attached hydrogen (secondary N) is 1. The summed E-state index contributed by atoms with van der Waals surface area (Å²) in [6.45, 7) is 1.81. The van der Waals surface area contributed by atoms with Crippen molar-refractivity contribution in [2.24, 2.45) is 5.84 Å². The number of hydrogen-bond acceptors (Lipinski definition) is 6. The van der Waals surface area contributed by atoms with Gasteiger partial charge in [-0.1, -0.05) is 6.42 Å². The molecular formula is C11H19N5O. The Kier molecular flexibility index (Phi) is 4.11. The molecule has 0 amide bonds. The van der Waals surface area contributed by atoms with Crippen LogP contribution in [0.1, 0.15) is 19.3 Å². The van der Waals surface area contributed by atoms with Gasteiger partial charge in [0, 0.05) is 12.1 Å². The highest BCUT2D eigenvalue weighted by molar-refractivity contribution is 5.35. The number of piperidine rings is 1. The standard InChI is InChI=1S/C11H19N5O/c1-16-5-3-2-4-9(16)7-17-11-6-10(15-12)13-8-14-11/h6,8-9H,2-5,7,12H2,1H3,(H,13,14,15). The first-order valence-corrected chi connectivity index (χ1v) is 5.91. The van der Waals surface area contributed by atoms with Gasteiger partial charge in [0.2, 0.25) is 5.88 Å². The molecule has 1 aromatic heterocycles. The molecule has 1 aliphatic heterocycles. The molecule has 94 valence electrons. The Balaban J connectivity index is 1.88. The third kappa shape index (κ3) is 3.28. The van der Waals surface area contributed by atoms with Crippen LogP contribution in [0.5, 0.6) is 5.88 Å². The van der Waals surface area contributed by atoms with Gasteiger partial charge in [-0.25, -0.2) is 15.8 Å². The molecule has 2 rings (SSSR count). The van der Waals surface area contributed by atoms with Crippen LogP contribution in [0.2, 0.25) is 0 Å². The summed E-state index contributed by atoms with van der Waals surface area (Å²) >= 11 is 0. The number of rotatable bonds is 4. The molecule has 2 heterocycles. The van der Waals surface area contributed by atoms with Gasteiger partial charge in [0.1, 0.15) is 18.8 Å². The lowest BCUT2D eigenvalue weighted by Crippen LogP contribution is -2.40. The number of nitrogens with two attached hydrogens (primary N) is 1. The van der Waals surface area contributed by atoms with Crippen LogP contribution < -0.4 is 16.0 Å². The minimum atomic E-state index is 0.480. The molecule has 6 heteroatoms. The van der Waals surface area contributed by atoms with Crippen molar-refractivity contribution in [1.82, 2.24) is 14.9 Å². The summed E-state index contributed by atoms with van der Waals surface area (Å²) < 4.78 is 5.67. The van der Waals surface area contributed by atoms with Gasteiger partial charge >= 0.3 is 0 Å². The molecule has 1 atom stereocenters. The molecule has 1 unspecified atom stereocenters. The van der Waals surface area contributed by atoms with E-state index in [-0.39, 0.29) is 0 Å². The summed E-state index contributed by atoms with van der Waals surface area (Å²) in [5, 5.41) is 0. The van der Waals surface area contributed by atoms with E-state index in [1.807, 2.05) is 0 Å². The minimum absolute atomic E-state index is 0.480. The van der Waals surface area contributed by atoms with Gasteiger partial charge in [0.15, 0.2) is 0 Å². The van der Waals surface area contributed by atoms with E-state index in [0.717, 1.165) is 6.54 Å². The van der Waals surface area contributed by atoms with Crippen molar-refractivity contribution < 1.29 is 4.74 Å². The summed E-state index contributed by atoms with van der Waals surface area (Å²) in [6, 6.07) is 2.18. The molecule has 0 bridgehead atoms. The van der Waals surface area contributed by atoms with Gasteiger partial charge in [-0.05, 0) is 26.4 Å². The average molecular weight is 237 g/mol. The fourth-order valence-electron chi connectivity index (χ4n) is 2.03. The smallest absolute Gasteiger partial charge is 0.218 e. The maximum Gasteiger partial charge on any atom is 0.218 e. The minimum Gasteiger partial charge on any atom is -0.476 e. The third-order valence-corrected chi connectivity index (χ3v) is 3.13. The number of anilines is 1. The fraction of sp³-hybridized carbons (Fsp3) is 0.636. The maximum absolute atomic E-state index is 5.67. The first-order chi connectivity index (χ1) is 8.29. The molecule has 0 aliphatic carbocycles. The van der Waals surface area contributed by atoms with E-state index in [2.05, 4.69) is 27.3 Å². The van der Waals surface area contributed by atoms with E-state index in [9.17, 15) is 0 Å². The Morgan fingerprint density at radius 1 is 1.53 bits per heavy atom. The Morgan fingerprint density at radius 2 is 2.41 bits per heavy atom. The summed E-state index contributed by atoms with van der Waals surface area (Å²) in [6.07, 6.45) is 5.18. The zero-order valence-electron chi connectivity index (χ0n) is 10.1. The molecule has 0 aromatic carbocycles. The van der Waals surface area contributed by atoms with Crippen molar-refractivity contribution in [3.8, 4) is 5.88 Å². The first kappa shape index (κ1) is 12.1. The zero-order valence-corrected chi connectivity index (χ0v) is 10.1. The Bertz CT molecular complexity index is 359. The molecule has 1 fully saturated rings. The van der Waals surface area contributed by atoms with Gasteiger partial charge in [0.05, 0.1) is 0 Å². The van der Waals surface area contributed by atoms with Crippen LogP contribution in [0.3, 0.4) is 0 Å². The predicted molar refractivity (Wildman–Crippen MR) is 65.6 cm³/mol. The zero-order chi connectivity index (χ0) is 12.1. The largest absolute Gasteiger partial charge is 0.476 e. The van der Waals surface area contributed by atoms with E-state index in [4.69, 9.17) is 10.6 Å². The van der Waals surface area contributed by atoms with E-state index in [1.165, 1.54) is 25.6 Å². The highest BCUT2D eigenvalue weighted by Gasteiger charge is 2.19. The molecule has 0 saturated carbocycles. The topological polar surface area (TPSA) is 76.3 Å². The van der Waals surface area contributed by atoms with Crippen molar-refractivity contribution >= 4 is 5.82 Å². The number of ether oxygens (including phenoxy) is 1. The molecule has 6 nitrogen and oxygen atoms in total. The monoisotopic (exact) mass is 237 g/mol. The lowest BCUT2D eigenvalue weighted by atomic mass is 10.0. The number of hydrazine groups is 1. The summed E-state index contributed by atoms with van der Waals surface area (Å²) in [7, 11) is 2.14. The summed E-state index contributed by atoms with van der Waals surface area (Å²) in [5.74, 6) is 6.40. The number of hydrogen-bond donors (Lipinski definition) is 2. The van der Waals surface area contributed by atoms with Gasteiger partial charge in [-0.15, -0.1) is 0 Å². The lowest BCUT2D eigenvalue weighted by Gasteiger charge is -2.31. The Hall–Kier alpha value is -1.40. The average Bonchev–Trinajstić information content (AvgIpc) is 2.38. The predicted octanol–water partition coefficient (Wildman–Crippen LogP) is 0.625. The maximum atomic E-state index is 5.67. The molecule has 1 aliphatic rings. The molecule has 17 heavy (non-hydrogen) atoms. The van der Waals surface area contributed by atoms with Gasteiger partial charge in [0.25, 0.3) is 0 Å². The van der Waals surface area contributed by atoms with Crippen molar-refractivity contribution in [3.05, 3.63) is 12.4 Å². The number of nitrogens with zero attached hydrogens (tertiary/aromatic N) is 3. The normalized spacial score (nSPS) is 21.2. The number of likely N-dealkylation sites (tertiary alicyclic amines) is 1. The Morgan fingerprint density at radius 3 is 3.18 bits per heavy atom. The fourth-order valence-corrected chi connectivity index (χ4v) is 2.03. The first-order valence-electron chi connectivity index (χ1n) is 5.91. The number of aromatic nitrogens is 2. The van der Waals surface area contributed by atoms with E-state index in [0.29, 0.717) is 24.3 Å². The number of likely N-dealkylation sites (N-methyl/N-ethyl adjacent to an activating group) is 1. The van der Waals surface area contributed by atoms with E-state index in [1.54, 1.807) is 6.07 Å². The number of nitrogen functional groups attached to an aromatic ring is 1. The summed E-state index contributed by atoms with van der Waals surface area (Å²) in [4.78, 5) is 10.3. The molecule has 1 saturated heterocycles. The van der Waals surface area contributed by atoms with Crippen molar-refractivity contribution in [2.75, 3.05) is 25.6 Å². The molecule has 1 aromatic rings. The van der Waals surface area contributed by atoms with Crippen LogP contribution in [0.15, 0.2) is 12.4 Å². The van der Waals surface area contributed by atoms with Crippen LogP contribution in [0.4, 0.5) is 5.82 Å². The quantitative estimate of drug-likeness (QED) is 0.590. The van der Waals surface area contributed by atoms with Crippen LogP contribution in [0, 0.1) is 0 Å². The SMILES string of the molecule is CN1CCCCC1COc1cc(NN)ncn1. The third-order valence-electron chi connectivity index (χ3n) is 3.13. The lowest BCUT2D eigenvalue weighted by molar-refractivity contribution is 0.122. The highest BCUT2D eigenvalue weighted by Crippen LogP contribution is 2.17. The van der Waals surface area contributed by atoms with Crippen molar-refractivity contribution in [3.63, 3.8) is 0 Å². The Labute approximate surface area is 101 Å². The van der Waals surface area contributed by atoms with Gasteiger partial charge < -0.3 is 15.1 Å². The molecule has 0 spiro atoms. The summed E-state index contributed by atoms with van der Waals surface area (Å²) in [5.41, 5.74) is 2.47. The van der Waals surface area contributed by atoms with Crippen LogP contribution in [0.25, 0.3) is 0 Å². The molecule has 3 N–H and O–H groups in total. The van der Waals surface area contributed by atoms with Crippen molar-refractivity contribution in [1.29, 1.82) is 0 Å².